The van der Waals surface area contributed by atoms with Crippen molar-refractivity contribution in [3.05, 3.63) is 28.2 Å². The van der Waals surface area contributed by atoms with Gasteiger partial charge in [-0.05, 0) is 43.1 Å². The van der Waals surface area contributed by atoms with Crippen LogP contribution in [-0.4, -0.2) is 21.9 Å². The van der Waals surface area contributed by atoms with Crippen LogP contribution in [0.1, 0.15) is 70.3 Å². The second kappa shape index (κ2) is 8.45. The number of ether oxygens (including phenoxy) is 1. The Morgan fingerprint density at radius 3 is 2.79 bits per heavy atom. The molecule has 1 aliphatic rings. The van der Waals surface area contributed by atoms with Crippen molar-refractivity contribution in [2.24, 2.45) is 17.8 Å². The van der Waals surface area contributed by atoms with Gasteiger partial charge in [0, 0.05) is 12.6 Å². The third-order valence-electron chi connectivity index (χ3n) is 5.02. The van der Waals surface area contributed by atoms with E-state index in [0.29, 0.717) is 24.3 Å². The first kappa shape index (κ1) is 18.7. The van der Waals surface area contributed by atoms with Crippen molar-refractivity contribution < 1.29 is 9.53 Å². The highest BCUT2D eigenvalue weighted by atomic mass is 16.5. The van der Waals surface area contributed by atoms with Gasteiger partial charge in [0.15, 0.2) is 5.69 Å². The van der Waals surface area contributed by atoms with Crippen LogP contribution in [0.3, 0.4) is 0 Å². The Kier molecular flexibility index (Phi) is 6.58. The maximum atomic E-state index is 12.5. The quantitative estimate of drug-likeness (QED) is 0.745. The smallest absolute Gasteiger partial charge is 0.359 e. The van der Waals surface area contributed by atoms with Crippen molar-refractivity contribution in [3.8, 4) is 0 Å². The fraction of sp³-hybridized carbons (Fsp3) is 0.737. The summed E-state index contributed by atoms with van der Waals surface area (Å²) in [7, 11) is 0. The fourth-order valence-corrected chi connectivity index (χ4v) is 3.47. The zero-order valence-corrected chi connectivity index (χ0v) is 15.3. The lowest BCUT2D eigenvalue weighted by Gasteiger charge is -2.36. The first-order valence-corrected chi connectivity index (χ1v) is 9.21. The van der Waals surface area contributed by atoms with Crippen molar-refractivity contribution in [3.63, 3.8) is 0 Å². The molecule has 1 heterocycles. The molecule has 1 saturated carbocycles. The van der Waals surface area contributed by atoms with E-state index in [1.165, 1.54) is 23.2 Å². The Hall–Kier alpha value is -1.65. The molecule has 0 aliphatic heterocycles. The second-order valence-electron chi connectivity index (χ2n) is 7.40. The van der Waals surface area contributed by atoms with Crippen molar-refractivity contribution in [2.45, 2.75) is 72.4 Å². The molecule has 5 heteroatoms. The molecule has 134 valence electrons. The molecule has 0 aromatic carbocycles. The van der Waals surface area contributed by atoms with Crippen molar-refractivity contribution >= 4 is 5.97 Å². The molecule has 1 aromatic rings. The van der Waals surface area contributed by atoms with Crippen LogP contribution in [-0.2, 0) is 11.3 Å². The minimum atomic E-state index is -0.412. The van der Waals surface area contributed by atoms with Gasteiger partial charge in [-0.1, -0.05) is 40.5 Å². The highest BCUT2D eigenvalue weighted by molar-refractivity contribution is 5.87. The number of esters is 1. The van der Waals surface area contributed by atoms with Gasteiger partial charge in [0.05, 0.1) is 0 Å². The third kappa shape index (κ3) is 4.68. The van der Waals surface area contributed by atoms with Gasteiger partial charge >= 0.3 is 5.97 Å². The van der Waals surface area contributed by atoms with E-state index in [9.17, 15) is 9.59 Å². The molecule has 2 rings (SSSR count). The molecule has 0 N–H and O–H groups in total. The SMILES string of the molecule is CCCCn1nc(C(=O)OC2CC(C)CCC2C(C)C)ccc1=O. The van der Waals surface area contributed by atoms with Crippen molar-refractivity contribution in [1.29, 1.82) is 0 Å². The highest BCUT2D eigenvalue weighted by Gasteiger charge is 2.33. The number of carbonyl (C=O) groups excluding carboxylic acids is 1. The first-order chi connectivity index (χ1) is 11.4. The van der Waals surface area contributed by atoms with E-state index in [2.05, 4.69) is 32.8 Å². The van der Waals surface area contributed by atoms with Gasteiger partial charge in [-0.2, -0.15) is 5.10 Å². The van der Waals surface area contributed by atoms with Crippen LogP contribution in [0.5, 0.6) is 0 Å². The molecule has 1 fully saturated rings. The van der Waals surface area contributed by atoms with E-state index in [-0.39, 0.29) is 17.4 Å². The van der Waals surface area contributed by atoms with Crippen LogP contribution in [0.15, 0.2) is 16.9 Å². The zero-order chi connectivity index (χ0) is 17.7. The van der Waals surface area contributed by atoms with E-state index in [4.69, 9.17) is 4.74 Å². The Bertz CT molecular complexity index is 609. The lowest BCUT2D eigenvalue weighted by atomic mass is 9.75. The van der Waals surface area contributed by atoms with Gasteiger partial charge in [0.25, 0.3) is 5.56 Å². The molecule has 1 aromatic heterocycles. The van der Waals surface area contributed by atoms with E-state index in [1.807, 2.05) is 0 Å². The summed E-state index contributed by atoms with van der Waals surface area (Å²) in [6.45, 7) is 9.17. The summed E-state index contributed by atoms with van der Waals surface area (Å²) >= 11 is 0. The molecule has 0 saturated heterocycles. The lowest BCUT2D eigenvalue weighted by molar-refractivity contribution is -0.0181. The number of hydrogen-bond donors (Lipinski definition) is 0. The average molecular weight is 334 g/mol. The van der Waals surface area contributed by atoms with E-state index in [0.717, 1.165) is 25.7 Å². The summed E-state index contributed by atoms with van der Waals surface area (Å²) in [4.78, 5) is 24.3. The van der Waals surface area contributed by atoms with E-state index in [1.54, 1.807) is 0 Å². The highest BCUT2D eigenvalue weighted by Crippen LogP contribution is 2.35. The number of nitrogens with zero attached hydrogens (tertiary/aromatic N) is 2. The Morgan fingerprint density at radius 1 is 1.38 bits per heavy atom. The van der Waals surface area contributed by atoms with Gasteiger partial charge < -0.3 is 4.74 Å². The topological polar surface area (TPSA) is 61.2 Å². The van der Waals surface area contributed by atoms with Crippen LogP contribution in [0.4, 0.5) is 0 Å². The normalized spacial score (nSPS) is 24.1. The van der Waals surface area contributed by atoms with Gasteiger partial charge in [-0.25, -0.2) is 9.48 Å². The molecule has 0 amide bonds. The molecular formula is C19H30N2O3. The van der Waals surface area contributed by atoms with Gasteiger partial charge in [0.2, 0.25) is 0 Å². The number of aromatic nitrogens is 2. The Balaban J connectivity index is 2.11. The average Bonchev–Trinajstić information content (AvgIpc) is 2.53. The van der Waals surface area contributed by atoms with Crippen LogP contribution in [0, 0.1) is 17.8 Å². The molecule has 0 spiro atoms. The molecular weight excluding hydrogens is 304 g/mol. The number of unbranched alkanes of at least 4 members (excludes halogenated alkanes) is 1. The van der Waals surface area contributed by atoms with Gasteiger partial charge in [-0.15, -0.1) is 0 Å². The molecule has 3 unspecified atom stereocenters. The first-order valence-electron chi connectivity index (χ1n) is 9.21. The Labute approximate surface area is 144 Å². The number of aryl methyl sites for hydroxylation is 1. The molecule has 1 aliphatic carbocycles. The summed E-state index contributed by atoms with van der Waals surface area (Å²) in [5, 5.41) is 4.19. The summed E-state index contributed by atoms with van der Waals surface area (Å²) < 4.78 is 7.17. The van der Waals surface area contributed by atoms with Crippen LogP contribution in [0.25, 0.3) is 0 Å². The number of rotatable bonds is 6. The van der Waals surface area contributed by atoms with Gasteiger partial charge in [0.1, 0.15) is 6.10 Å². The van der Waals surface area contributed by atoms with Crippen LogP contribution >= 0.6 is 0 Å². The maximum Gasteiger partial charge on any atom is 0.359 e. The second-order valence-corrected chi connectivity index (χ2v) is 7.40. The van der Waals surface area contributed by atoms with Crippen molar-refractivity contribution in [2.75, 3.05) is 0 Å². The predicted molar refractivity (Wildman–Crippen MR) is 94.0 cm³/mol. The monoisotopic (exact) mass is 334 g/mol. The largest absolute Gasteiger partial charge is 0.457 e. The number of hydrogen-bond acceptors (Lipinski definition) is 4. The summed E-state index contributed by atoms with van der Waals surface area (Å²) in [5.41, 5.74) is 0.0535. The third-order valence-corrected chi connectivity index (χ3v) is 5.02. The molecule has 24 heavy (non-hydrogen) atoms. The maximum absolute atomic E-state index is 12.5. The minimum absolute atomic E-state index is 0.0564. The number of carbonyl (C=O) groups is 1. The molecule has 0 radical (unpaired) electrons. The van der Waals surface area contributed by atoms with Crippen molar-refractivity contribution in [1.82, 2.24) is 9.78 Å². The van der Waals surface area contributed by atoms with Crippen LogP contribution in [0.2, 0.25) is 0 Å². The van der Waals surface area contributed by atoms with E-state index >= 15 is 0 Å². The molecule has 5 nitrogen and oxygen atoms in total. The molecule has 0 bridgehead atoms. The predicted octanol–water partition coefficient (Wildman–Crippen LogP) is 3.66. The van der Waals surface area contributed by atoms with Crippen LogP contribution < -0.4 is 5.56 Å². The summed E-state index contributed by atoms with van der Waals surface area (Å²) in [6.07, 6.45) is 4.97. The molecule has 3 atom stereocenters. The fourth-order valence-electron chi connectivity index (χ4n) is 3.47. The van der Waals surface area contributed by atoms with Gasteiger partial charge in [-0.3, -0.25) is 4.79 Å². The Morgan fingerprint density at radius 2 is 2.12 bits per heavy atom. The zero-order valence-electron chi connectivity index (χ0n) is 15.3. The summed E-state index contributed by atoms with van der Waals surface area (Å²) in [6, 6.07) is 2.88. The minimum Gasteiger partial charge on any atom is -0.457 e. The summed E-state index contributed by atoms with van der Waals surface area (Å²) in [5.74, 6) is 1.05. The lowest BCUT2D eigenvalue weighted by Crippen LogP contribution is -2.36. The standard InChI is InChI=1S/C19H30N2O3/c1-5-6-11-21-18(22)10-9-16(20-21)19(23)24-17-12-14(4)7-8-15(17)13(2)3/h9-10,13-15,17H,5-8,11-12H2,1-4H3. The van der Waals surface area contributed by atoms with E-state index < -0.39 is 5.97 Å².